The van der Waals surface area contributed by atoms with Gasteiger partial charge in [-0.05, 0) is 6.42 Å². The molecule has 1 aromatic rings. The Kier molecular flexibility index (Phi) is 2.64. The Morgan fingerprint density at radius 3 is 2.73 bits per heavy atom. The van der Waals surface area contributed by atoms with Gasteiger partial charge in [-0.25, -0.2) is 9.97 Å². The largest absolute Gasteiger partial charge is 0.280 e. The summed E-state index contributed by atoms with van der Waals surface area (Å²) in [4.78, 5) is 31.8. The second-order valence-corrected chi connectivity index (χ2v) is 3.57. The maximum absolute atomic E-state index is 11.7. The first-order chi connectivity index (χ1) is 7.18. The van der Waals surface area contributed by atoms with Crippen LogP contribution in [0.1, 0.15) is 23.3 Å². The summed E-state index contributed by atoms with van der Waals surface area (Å²) in [7, 11) is 0. The average molecular weight is 226 g/mol. The molecule has 1 aromatic heterocycles. The highest BCUT2D eigenvalue weighted by molar-refractivity contribution is 6.29. The molecule has 0 bridgehead atoms. The molecule has 0 radical (unpaired) electrons. The first kappa shape index (κ1) is 10.0. The van der Waals surface area contributed by atoms with Crippen LogP contribution in [0.4, 0.5) is 0 Å². The number of nitrogens with zero attached hydrogens (tertiary/aromatic N) is 3. The number of imide groups is 1. The smallest absolute Gasteiger partial charge is 0.277 e. The van der Waals surface area contributed by atoms with Crippen molar-refractivity contribution in [2.45, 2.75) is 12.8 Å². The minimum absolute atomic E-state index is 0.148. The van der Waals surface area contributed by atoms with Crippen molar-refractivity contribution < 1.29 is 9.59 Å². The third-order valence-corrected chi connectivity index (χ3v) is 2.35. The van der Waals surface area contributed by atoms with Crippen molar-refractivity contribution in [2.75, 3.05) is 6.54 Å². The van der Waals surface area contributed by atoms with Crippen LogP contribution < -0.4 is 0 Å². The summed E-state index contributed by atoms with van der Waals surface area (Å²) in [6.07, 6.45) is 3.70. The van der Waals surface area contributed by atoms with Crippen LogP contribution in [0.3, 0.4) is 0 Å². The molecule has 2 rings (SSSR count). The van der Waals surface area contributed by atoms with E-state index in [9.17, 15) is 9.59 Å². The Morgan fingerprint density at radius 2 is 2.20 bits per heavy atom. The van der Waals surface area contributed by atoms with Gasteiger partial charge >= 0.3 is 0 Å². The number of amides is 2. The summed E-state index contributed by atoms with van der Waals surface area (Å²) in [5.41, 5.74) is 0.148. The fraction of sp³-hybridized carbons (Fsp3) is 0.333. The zero-order valence-corrected chi connectivity index (χ0v) is 8.57. The Labute approximate surface area is 91.1 Å². The van der Waals surface area contributed by atoms with Gasteiger partial charge in [0.05, 0.1) is 12.4 Å². The molecule has 1 aliphatic heterocycles. The molecule has 2 heterocycles. The molecule has 1 fully saturated rings. The number of carbonyl (C=O) groups is 2. The number of hydrogen-bond acceptors (Lipinski definition) is 4. The zero-order chi connectivity index (χ0) is 10.8. The number of aromatic nitrogens is 2. The van der Waals surface area contributed by atoms with Gasteiger partial charge in [-0.2, -0.15) is 0 Å². The molecule has 0 aromatic carbocycles. The average Bonchev–Trinajstić information content (AvgIpc) is 2.65. The number of halogens is 1. The lowest BCUT2D eigenvalue weighted by atomic mass is 10.4. The Morgan fingerprint density at radius 1 is 1.40 bits per heavy atom. The van der Waals surface area contributed by atoms with Gasteiger partial charge < -0.3 is 0 Å². The van der Waals surface area contributed by atoms with Gasteiger partial charge in [0.1, 0.15) is 10.8 Å². The molecule has 0 aliphatic carbocycles. The summed E-state index contributed by atoms with van der Waals surface area (Å²) >= 11 is 5.54. The summed E-state index contributed by atoms with van der Waals surface area (Å²) in [6, 6.07) is 0. The molecule has 0 saturated carbocycles. The molecule has 0 spiro atoms. The quantitative estimate of drug-likeness (QED) is 0.666. The summed E-state index contributed by atoms with van der Waals surface area (Å²) < 4.78 is 0. The van der Waals surface area contributed by atoms with Crippen LogP contribution in [-0.4, -0.2) is 33.2 Å². The van der Waals surface area contributed by atoms with E-state index in [0.29, 0.717) is 19.4 Å². The maximum atomic E-state index is 11.7. The molecule has 1 aliphatic rings. The van der Waals surface area contributed by atoms with Gasteiger partial charge in [0, 0.05) is 13.0 Å². The molecule has 0 atom stereocenters. The Balaban J connectivity index is 2.20. The minimum Gasteiger partial charge on any atom is -0.277 e. The fourth-order valence-corrected chi connectivity index (χ4v) is 1.52. The van der Waals surface area contributed by atoms with Gasteiger partial charge in [-0.1, -0.05) is 11.6 Å². The molecular weight excluding hydrogens is 218 g/mol. The first-order valence-corrected chi connectivity index (χ1v) is 4.88. The van der Waals surface area contributed by atoms with E-state index in [1.165, 1.54) is 17.3 Å². The van der Waals surface area contributed by atoms with Crippen LogP contribution >= 0.6 is 11.6 Å². The molecule has 5 nitrogen and oxygen atoms in total. The molecular formula is C9H8ClN3O2. The van der Waals surface area contributed by atoms with E-state index in [4.69, 9.17) is 11.6 Å². The Hall–Kier alpha value is -1.49. The van der Waals surface area contributed by atoms with Crippen LogP contribution in [0.25, 0.3) is 0 Å². The maximum Gasteiger partial charge on any atom is 0.280 e. The predicted octanol–water partition coefficient (Wildman–Crippen LogP) is 0.893. The van der Waals surface area contributed by atoms with E-state index in [2.05, 4.69) is 9.97 Å². The van der Waals surface area contributed by atoms with Gasteiger partial charge in [0.25, 0.3) is 5.91 Å². The van der Waals surface area contributed by atoms with E-state index < -0.39 is 5.91 Å². The van der Waals surface area contributed by atoms with E-state index in [1.807, 2.05) is 0 Å². The Bertz CT molecular complexity index is 404. The van der Waals surface area contributed by atoms with Gasteiger partial charge in [-0.3, -0.25) is 14.5 Å². The van der Waals surface area contributed by atoms with Crippen LogP contribution in [-0.2, 0) is 4.79 Å². The molecule has 15 heavy (non-hydrogen) atoms. The van der Waals surface area contributed by atoms with Crippen molar-refractivity contribution in [3.8, 4) is 0 Å². The van der Waals surface area contributed by atoms with E-state index >= 15 is 0 Å². The number of likely N-dealkylation sites (tertiary alicyclic amines) is 1. The second kappa shape index (κ2) is 3.94. The monoisotopic (exact) mass is 225 g/mol. The lowest BCUT2D eigenvalue weighted by molar-refractivity contribution is -0.125. The molecule has 2 amide bonds. The van der Waals surface area contributed by atoms with Crippen LogP contribution in [0, 0.1) is 0 Å². The summed E-state index contributed by atoms with van der Waals surface area (Å²) in [6.45, 7) is 0.460. The lowest BCUT2D eigenvalue weighted by Crippen LogP contribution is -2.32. The van der Waals surface area contributed by atoms with Crippen molar-refractivity contribution in [1.29, 1.82) is 0 Å². The number of carbonyl (C=O) groups excluding carboxylic acids is 2. The molecule has 78 valence electrons. The van der Waals surface area contributed by atoms with Crippen LogP contribution in [0.15, 0.2) is 12.4 Å². The summed E-state index contributed by atoms with van der Waals surface area (Å²) in [5.74, 6) is -0.557. The normalized spacial score (nSPS) is 15.8. The van der Waals surface area contributed by atoms with E-state index in [1.54, 1.807) is 0 Å². The fourth-order valence-electron chi connectivity index (χ4n) is 1.42. The van der Waals surface area contributed by atoms with Crippen LogP contribution in [0.5, 0.6) is 0 Å². The molecule has 6 heteroatoms. The first-order valence-electron chi connectivity index (χ1n) is 4.51. The lowest BCUT2D eigenvalue weighted by Gasteiger charge is -2.11. The summed E-state index contributed by atoms with van der Waals surface area (Å²) in [5, 5.41) is 0.222. The van der Waals surface area contributed by atoms with Gasteiger partial charge in [0.2, 0.25) is 5.91 Å². The van der Waals surface area contributed by atoms with Crippen LogP contribution in [0.2, 0.25) is 5.15 Å². The standard InChI is InChI=1S/C9H8ClN3O2/c10-7-5-11-6(4-12-7)9(15)13-3-1-2-8(13)14/h4-5H,1-3H2. The second-order valence-electron chi connectivity index (χ2n) is 3.18. The highest BCUT2D eigenvalue weighted by Gasteiger charge is 2.28. The van der Waals surface area contributed by atoms with Crippen molar-refractivity contribution in [3.63, 3.8) is 0 Å². The van der Waals surface area contributed by atoms with Crippen molar-refractivity contribution >= 4 is 23.4 Å². The van der Waals surface area contributed by atoms with Crippen molar-refractivity contribution in [2.24, 2.45) is 0 Å². The minimum atomic E-state index is -0.401. The number of hydrogen-bond donors (Lipinski definition) is 0. The SMILES string of the molecule is O=C1CCCN1C(=O)c1cnc(Cl)cn1. The number of rotatable bonds is 1. The molecule has 0 N–H and O–H groups in total. The zero-order valence-electron chi connectivity index (χ0n) is 7.81. The highest BCUT2D eigenvalue weighted by Crippen LogP contribution is 2.13. The van der Waals surface area contributed by atoms with Gasteiger partial charge in [-0.15, -0.1) is 0 Å². The van der Waals surface area contributed by atoms with E-state index in [0.717, 1.165) is 0 Å². The highest BCUT2D eigenvalue weighted by atomic mass is 35.5. The predicted molar refractivity (Wildman–Crippen MR) is 52.3 cm³/mol. The third-order valence-electron chi connectivity index (χ3n) is 2.16. The molecule has 0 unspecified atom stereocenters. The van der Waals surface area contributed by atoms with E-state index in [-0.39, 0.29) is 16.8 Å². The van der Waals surface area contributed by atoms with Crippen molar-refractivity contribution in [1.82, 2.24) is 14.9 Å². The van der Waals surface area contributed by atoms with Crippen molar-refractivity contribution in [3.05, 3.63) is 23.2 Å². The topological polar surface area (TPSA) is 63.2 Å². The molecule has 1 saturated heterocycles. The third kappa shape index (κ3) is 1.97. The van der Waals surface area contributed by atoms with Gasteiger partial charge in [0.15, 0.2) is 0 Å².